The van der Waals surface area contributed by atoms with Crippen molar-refractivity contribution in [1.29, 1.82) is 0 Å². The van der Waals surface area contributed by atoms with Crippen LogP contribution in [0, 0.1) is 0 Å². The quantitative estimate of drug-likeness (QED) is 0.180. The van der Waals surface area contributed by atoms with E-state index in [9.17, 15) is 0 Å². The zero-order valence-corrected chi connectivity index (χ0v) is 29.5. The van der Waals surface area contributed by atoms with Gasteiger partial charge in [-0.1, -0.05) is 140 Å². The molecule has 0 fully saturated rings. The van der Waals surface area contributed by atoms with Crippen molar-refractivity contribution in [3.05, 3.63) is 187 Å². The van der Waals surface area contributed by atoms with Crippen molar-refractivity contribution in [2.75, 3.05) is 4.90 Å². The molecule has 6 aromatic carbocycles. The van der Waals surface area contributed by atoms with Crippen LogP contribution >= 0.6 is 0 Å². The third-order valence-electron chi connectivity index (χ3n) is 11.1. The lowest BCUT2D eigenvalue weighted by Crippen LogP contribution is -2.28. The molecule has 2 unspecified atom stereocenters. The number of allylic oxidation sites excluding steroid dienone is 6. The first kappa shape index (κ1) is 30.7. The van der Waals surface area contributed by atoms with Gasteiger partial charge in [-0.15, -0.1) is 0 Å². The molecule has 3 aliphatic rings. The monoisotopic (exact) mass is 693 g/mol. The summed E-state index contributed by atoms with van der Waals surface area (Å²) in [4.78, 5) is 17.6. The largest absolute Gasteiger partial charge is 0.333 e. The molecule has 5 heteroatoms. The molecule has 2 atom stereocenters. The van der Waals surface area contributed by atoms with Gasteiger partial charge in [-0.2, -0.15) is 0 Å². The molecule has 11 rings (SSSR count). The molecule has 2 aromatic heterocycles. The van der Waals surface area contributed by atoms with Gasteiger partial charge in [-0.3, -0.25) is 0 Å². The summed E-state index contributed by atoms with van der Waals surface area (Å²) in [7, 11) is 0. The molecule has 0 radical (unpaired) electrons. The van der Waals surface area contributed by atoms with Crippen molar-refractivity contribution >= 4 is 49.5 Å². The third kappa shape index (κ3) is 4.89. The average molecular weight is 694 g/mol. The second-order valence-electron chi connectivity index (χ2n) is 14.3. The van der Waals surface area contributed by atoms with Crippen LogP contribution in [-0.4, -0.2) is 25.6 Å². The maximum atomic E-state index is 5.09. The number of hydrogen-bond acceptors (Lipinski definition) is 4. The number of anilines is 2. The summed E-state index contributed by atoms with van der Waals surface area (Å²) in [5.74, 6) is 2.27. The van der Waals surface area contributed by atoms with Gasteiger partial charge in [0.05, 0.1) is 17.1 Å². The molecule has 0 N–H and O–H groups in total. The molecular weight excluding hydrogens is 659 g/mol. The first-order valence-corrected chi connectivity index (χ1v) is 18.8. The smallest absolute Gasteiger partial charge is 0.164 e. The maximum Gasteiger partial charge on any atom is 0.164 e. The molecule has 1 aliphatic heterocycles. The standard InChI is InChI=1S/C49H35N5/c1-4-16-33(17-5-1)47-50-48(34-18-6-2-7-19-34)52-49(51-47)35-20-14-23-37(29-35)53-43-26-13-12-25-39(43)41-30-42-40-28-27-32-15-10-11-24-38(32)46(40)54(45(42)31-44(41)53)36-21-8-3-9-22-36/h1,3-6,8-31,39,43H,2,7H2. The summed E-state index contributed by atoms with van der Waals surface area (Å²) in [6.07, 6.45) is 17.7. The van der Waals surface area contributed by atoms with E-state index in [1.54, 1.807) is 0 Å². The molecule has 3 heterocycles. The second-order valence-corrected chi connectivity index (χ2v) is 14.3. The molecule has 256 valence electrons. The van der Waals surface area contributed by atoms with E-state index in [0.717, 1.165) is 40.9 Å². The van der Waals surface area contributed by atoms with Crippen LogP contribution in [0.25, 0.3) is 66.6 Å². The van der Waals surface area contributed by atoms with Crippen molar-refractivity contribution in [3.63, 3.8) is 0 Å². The highest BCUT2D eigenvalue weighted by molar-refractivity contribution is 6.19. The number of rotatable bonds is 5. The van der Waals surface area contributed by atoms with Crippen LogP contribution in [0.15, 0.2) is 176 Å². The topological polar surface area (TPSA) is 46.8 Å². The summed E-state index contributed by atoms with van der Waals surface area (Å²) in [5.41, 5.74) is 10.2. The van der Waals surface area contributed by atoms with Crippen LogP contribution in [0.4, 0.5) is 11.4 Å². The second kappa shape index (κ2) is 12.4. The molecule has 0 saturated heterocycles. The van der Waals surface area contributed by atoms with Crippen molar-refractivity contribution in [1.82, 2.24) is 19.5 Å². The maximum absolute atomic E-state index is 5.09. The molecule has 5 nitrogen and oxygen atoms in total. The zero-order valence-electron chi connectivity index (χ0n) is 29.5. The average Bonchev–Trinajstić information content (AvgIpc) is 3.76. The SMILES string of the molecule is C1=CC2c3cc4c5ccc6ccccc6c5n(-c5ccccc5)c4cc3N(c3cccc(-c4nc(C5=CCCC=C5)nc(-c5ccccc5)n4)c3)C2C=C1. The lowest BCUT2D eigenvalue weighted by atomic mass is 9.90. The summed E-state index contributed by atoms with van der Waals surface area (Å²) >= 11 is 0. The Bertz CT molecular complexity index is 2900. The van der Waals surface area contributed by atoms with E-state index in [1.165, 1.54) is 43.8 Å². The Hall–Kier alpha value is -6.85. The van der Waals surface area contributed by atoms with Gasteiger partial charge in [0, 0.05) is 55.8 Å². The number of benzene rings is 6. The van der Waals surface area contributed by atoms with E-state index in [1.807, 2.05) is 18.2 Å². The van der Waals surface area contributed by atoms with Crippen LogP contribution in [0.2, 0.25) is 0 Å². The molecule has 8 aromatic rings. The first-order valence-electron chi connectivity index (χ1n) is 18.8. The lowest BCUT2D eigenvalue weighted by molar-refractivity contribution is 0.745. The minimum absolute atomic E-state index is 0.135. The number of nitrogens with zero attached hydrogens (tertiary/aromatic N) is 5. The Morgan fingerprint density at radius 3 is 2.15 bits per heavy atom. The number of fused-ring (bicyclic) bond motifs is 8. The Morgan fingerprint density at radius 1 is 0.556 bits per heavy atom. The van der Waals surface area contributed by atoms with E-state index in [2.05, 4.69) is 167 Å². The zero-order chi connectivity index (χ0) is 35.6. The fourth-order valence-corrected chi connectivity index (χ4v) is 8.68. The molecule has 2 aliphatic carbocycles. The van der Waals surface area contributed by atoms with E-state index in [0.29, 0.717) is 17.5 Å². The van der Waals surface area contributed by atoms with Gasteiger partial charge in [-0.05, 0) is 60.2 Å². The Morgan fingerprint density at radius 2 is 1.30 bits per heavy atom. The summed E-state index contributed by atoms with van der Waals surface area (Å²) in [6, 6.07) is 48.0. The summed E-state index contributed by atoms with van der Waals surface area (Å²) < 4.78 is 2.46. The van der Waals surface area contributed by atoms with Crippen molar-refractivity contribution in [3.8, 4) is 28.5 Å². The minimum atomic E-state index is 0.135. The van der Waals surface area contributed by atoms with Crippen LogP contribution in [0.1, 0.15) is 30.1 Å². The summed E-state index contributed by atoms with van der Waals surface area (Å²) in [5, 5.41) is 5.03. The van der Waals surface area contributed by atoms with Gasteiger partial charge in [0.25, 0.3) is 0 Å². The Labute approximate surface area is 313 Å². The van der Waals surface area contributed by atoms with E-state index < -0.39 is 0 Å². The van der Waals surface area contributed by atoms with Crippen LogP contribution in [0.5, 0.6) is 0 Å². The fraction of sp³-hybridized carbons (Fsp3) is 0.0816. The first-order chi connectivity index (χ1) is 26.8. The van der Waals surface area contributed by atoms with Gasteiger partial charge in [0.2, 0.25) is 0 Å². The lowest BCUT2D eigenvalue weighted by Gasteiger charge is -2.29. The van der Waals surface area contributed by atoms with E-state index >= 15 is 0 Å². The number of aromatic nitrogens is 4. The van der Waals surface area contributed by atoms with Gasteiger partial charge >= 0.3 is 0 Å². The predicted octanol–water partition coefficient (Wildman–Crippen LogP) is 11.9. The molecule has 0 bridgehead atoms. The highest BCUT2D eigenvalue weighted by atomic mass is 15.2. The molecule has 0 spiro atoms. The Kier molecular flexibility index (Phi) is 7.05. The fourth-order valence-electron chi connectivity index (χ4n) is 8.68. The van der Waals surface area contributed by atoms with Crippen molar-refractivity contribution < 1.29 is 0 Å². The normalized spacial score (nSPS) is 17.3. The predicted molar refractivity (Wildman–Crippen MR) is 222 cm³/mol. The Balaban J connectivity index is 1.12. The van der Waals surface area contributed by atoms with Gasteiger partial charge in [-0.25, -0.2) is 15.0 Å². The van der Waals surface area contributed by atoms with Gasteiger partial charge < -0.3 is 9.47 Å². The van der Waals surface area contributed by atoms with E-state index in [4.69, 9.17) is 15.0 Å². The van der Waals surface area contributed by atoms with Gasteiger partial charge in [0.15, 0.2) is 17.5 Å². The van der Waals surface area contributed by atoms with Gasteiger partial charge in [0.1, 0.15) is 0 Å². The molecule has 0 amide bonds. The minimum Gasteiger partial charge on any atom is -0.333 e. The van der Waals surface area contributed by atoms with Crippen molar-refractivity contribution in [2.24, 2.45) is 0 Å². The molecule has 0 saturated carbocycles. The number of hydrogen-bond donors (Lipinski definition) is 0. The van der Waals surface area contributed by atoms with Crippen LogP contribution in [0.3, 0.4) is 0 Å². The molecular formula is C49H35N5. The third-order valence-corrected chi connectivity index (χ3v) is 11.1. The van der Waals surface area contributed by atoms with Crippen molar-refractivity contribution in [2.45, 2.75) is 24.8 Å². The summed E-state index contributed by atoms with van der Waals surface area (Å²) in [6.45, 7) is 0. The highest BCUT2D eigenvalue weighted by Gasteiger charge is 2.38. The van der Waals surface area contributed by atoms with Crippen LogP contribution < -0.4 is 4.90 Å². The van der Waals surface area contributed by atoms with E-state index in [-0.39, 0.29) is 12.0 Å². The number of para-hydroxylation sites is 1. The molecule has 54 heavy (non-hydrogen) atoms. The van der Waals surface area contributed by atoms with Crippen LogP contribution in [-0.2, 0) is 0 Å². The highest BCUT2D eigenvalue weighted by Crippen LogP contribution is 2.51.